The van der Waals surface area contributed by atoms with Crippen molar-refractivity contribution in [3.63, 3.8) is 0 Å². The molecule has 2 rings (SSSR count). The molecule has 0 aliphatic heterocycles. The number of nitrogens with one attached hydrogen (secondary N) is 1. The molecule has 0 aliphatic rings. The zero-order chi connectivity index (χ0) is 9.26. The summed E-state index contributed by atoms with van der Waals surface area (Å²) in [6.07, 6.45) is 3.29. The van der Waals surface area contributed by atoms with Crippen molar-refractivity contribution < 1.29 is 4.39 Å². The Morgan fingerprint density at radius 1 is 1.46 bits per heavy atom. The van der Waals surface area contributed by atoms with Gasteiger partial charge in [0.25, 0.3) is 0 Å². The number of halogens is 2. The molecule has 0 fully saturated rings. The highest BCUT2D eigenvalue weighted by Gasteiger charge is 2.04. The molecule has 1 N–H and O–H groups in total. The first-order valence-electron chi connectivity index (χ1n) is 3.72. The van der Waals surface area contributed by atoms with E-state index in [1.54, 1.807) is 6.20 Å². The molecule has 0 atom stereocenters. The Hall–Kier alpha value is -1.35. The molecule has 66 valence electrons. The van der Waals surface area contributed by atoms with Gasteiger partial charge in [0.15, 0.2) is 11.0 Å². The average Bonchev–Trinajstić information content (AvgIpc) is 2.62. The summed E-state index contributed by atoms with van der Waals surface area (Å²) in [6.45, 7) is 0. The summed E-state index contributed by atoms with van der Waals surface area (Å²) in [4.78, 5) is 6.66. The number of aromatic nitrogens is 2. The fraction of sp³-hybridized carbons (Fsp3) is 0. The minimum absolute atomic E-state index is 0.102. The van der Waals surface area contributed by atoms with Crippen molar-refractivity contribution in [2.24, 2.45) is 0 Å². The second-order valence-corrected chi connectivity index (χ2v) is 2.94. The lowest BCUT2D eigenvalue weighted by Gasteiger charge is -1.98. The molecule has 0 aromatic carbocycles. The van der Waals surface area contributed by atoms with Crippen molar-refractivity contribution in [1.82, 2.24) is 9.97 Å². The highest BCUT2D eigenvalue weighted by Crippen LogP contribution is 2.20. The Kier molecular flexibility index (Phi) is 2.02. The van der Waals surface area contributed by atoms with Crippen molar-refractivity contribution in [2.45, 2.75) is 0 Å². The van der Waals surface area contributed by atoms with Crippen LogP contribution >= 0.6 is 11.6 Å². The van der Waals surface area contributed by atoms with Gasteiger partial charge in [0.2, 0.25) is 0 Å². The number of hydrogen-bond acceptors (Lipinski definition) is 1. The molecular formula is C9H6ClFN2. The van der Waals surface area contributed by atoms with E-state index < -0.39 is 5.82 Å². The molecule has 0 saturated carbocycles. The standard InChI is InChI=1S/C9H6ClFN2/c10-9-7(11)4-6(5-13-9)8-2-1-3-12-8/h1-5,12H. The minimum atomic E-state index is -0.506. The van der Waals surface area contributed by atoms with E-state index in [1.807, 2.05) is 12.1 Å². The lowest BCUT2D eigenvalue weighted by atomic mass is 10.2. The van der Waals surface area contributed by atoms with Crippen molar-refractivity contribution in [1.29, 1.82) is 0 Å². The molecule has 0 aliphatic carbocycles. The predicted octanol–water partition coefficient (Wildman–Crippen LogP) is 2.87. The van der Waals surface area contributed by atoms with Gasteiger partial charge in [-0.25, -0.2) is 9.37 Å². The molecule has 0 radical (unpaired) electrons. The maximum atomic E-state index is 13.0. The van der Waals surface area contributed by atoms with Gasteiger partial charge in [-0.05, 0) is 18.2 Å². The Morgan fingerprint density at radius 2 is 2.31 bits per heavy atom. The summed E-state index contributed by atoms with van der Waals surface area (Å²) in [5.41, 5.74) is 1.51. The van der Waals surface area contributed by atoms with Gasteiger partial charge >= 0.3 is 0 Å². The third kappa shape index (κ3) is 1.55. The highest BCUT2D eigenvalue weighted by atomic mass is 35.5. The van der Waals surface area contributed by atoms with Crippen molar-refractivity contribution in [3.05, 3.63) is 41.6 Å². The lowest BCUT2D eigenvalue weighted by molar-refractivity contribution is 0.622. The summed E-state index contributed by atoms with van der Waals surface area (Å²) in [5.74, 6) is -0.506. The van der Waals surface area contributed by atoms with Gasteiger partial charge in [0.05, 0.1) is 0 Å². The first-order valence-corrected chi connectivity index (χ1v) is 4.10. The molecule has 0 spiro atoms. The van der Waals surface area contributed by atoms with Gasteiger partial charge in [0, 0.05) is 23.7 Å². The Labute approximate surface area is 79.4 Å². The van der Waals surface area contributed by atoms with Crippen LogP contribution in [0.1, 0.15) is 0 Å². The average molecular weight is 197 g/mol. The van der Waals surface area contributed by atoms with Crippen molar-refractivity contribution >= 4 is 11.6 Å². The van der Waals surface area contributed by atoms with E-state index in [4.69, 9.17) is 11.6 Å². The Balaban J connectivity index is 2.49. The van der Waals surface area contributed by atoms with E-state index in [2.05, 4.69) is 9.97 Å². The summed E-state index contributed by atoms with van der Waals surface area (Å²) >= 11 is 5.45. The summed E-state index contributed by atoms with van der Waals surface area (Å²) in [5, 5.41) is -0.102. The molecule has 0 bridgehead atoms. The minimum Gasteiger partial charge on any atom is -0.361 e. The molecule has 2 nitrogen and oxygen atoms in total. The summed E-state index contributed by atoms with van der Waals surface area (Å²) in [6, 6.07) is 5.02. The molecule has 13 heavy (non-hydrogen) atoms. The second kappa shape index (κ2) is 3.18. The summed E-state index contributed by atoms with van der Waals surface area (Å²) < 4.78 is 13.0. The van der Waals surface area contributed by atoms with E-state index in [-0.39, 0.29) is 5.15 Å². The number of hydrogen-bond donors (Lipinski definition) is 1. The zero-order valence-electron chi connectivity index (χ0n) is 6.59. The van der Waals surface area contributed by atoms with Gasteiger partial charge in [-0.1, -0.05) is 11.6 Å². The molecule has 2 heterocycles. The topological polar surface area (TPSA) is 28.7 Å². The second-order valence-electron chi connectivity index (χ2n) is 2.58. The number of aromatic amines is 1. The van der Waals surface area contributed by atoms with Crippen LogP contribution in [-0.2, 0) is 0 Å². The number of pyridine rings is 1. The molecule has 4 heteroatoms. The van der Waals surface area contributed by atoms with Gasteiger partial charge in [0.1, 0.15) is 0 Å². The van der Waals surface area contributed by atoms with Crippen LogP contribution in [0.4, 0.5) is 4.39 Å². The third-order valence-corrected chi connectivity index (χ3v) is 1.98. The largest absolute Gasteiger partial charge is 0.361 e. The molecule has 0 saturated heterocycles. The first kappa shape index (κ1) is 8.26. The van der Waals surface area contributed by atoms with Crippen LogP contribution in [-0.4, -0.2) is 9.97 Å². The lowest BCUT2D eigenvalue weighted by Crippen LogP contribution is -1.85. The maximum Gasteiger partial charge on any atom is 0.164 e. The quantitative estimate of drug-likeness (QED) is 0.698. The zero-order valence-corrected chi connectivity index (χ0v) is 7.35. The van der Waals surface area contributed by atoms with Crippen LogP contribution in [0.2, 0.25) is 5.15 Å². The van der Waals surface area contributed by atoms with Crippen LogP contribution in [0, 0.1) is 5.82 Å². The molecule has 0 unspecified atom stereocenters. The fourth-order valence-corrected chi connectivity index (χ4v) is 1.18. The number of H-pyrrole nitrogens is 1. The predicted molar refractivity (Wildman–Crippen MR) is 49.0 cm³/mol. The van der Waals surface area contributed by atoms with Crippen molar-refractivity contribution in [3.8, 4) is 11.3 Å². The SMILES string of the molecule is Fc1cc(-c2ccc[nH]2)cnc1Cl. The van der Waals surface area contributed by atoms with Gasteiger partial charge in [-0.15, -0.1) is 0 Å². The van der Waals surface area contributed by atoms with Gasteiger partial charge in [-0.3, -0.25) is 0 Å². The van der Waals surface area contributed by atoms with E-state index in [9.17, 15) is 4.39 Å². The van der Waals surface area contributed by atoms with E-state index in [1.165, 1.54) is 12.3 Å². The summed E-state index contributed by atoms with van der Waals surface area (Å²) in [7, 11) is 0. The first-order chi connectivity index (χ1) is 6.27. The molecule has 2 aromatic heterocycles. The normalized spacial score (nSPS) is 10.3. The highest BCUT2D eigenvalue weighted by molar-refractivity contribution is 6.29. The number of rotatable bonds is 1. The van der Waals surface area contributed by atoms with E-state index in [0.29, 0.717) is 5.56 Å². The Bertz CT molecular complexity index is 412. The van der Waals surface area contributed by atoms with Crippen LogP contribution < -0.4 is 0 Å². The molecule has 2 aromatic rings. The van der Waals surface area contributed by atoms with Crippen LogP contribution in [0.25, 0.3) is 11.3 Å². The van der Waals surface area contributed by atoms with Crippen LogP contribution in [0.3, 0.4) is 0 Å². The molecular weight excluding hydrogens is 191 g/mol. The maximum absolute atomic E-state index is 13.0. The van der Waals surface area contributed by atoms with Crippen LogP contribution in [0.5, 0.6) is 0 Å². The van der Waals surface area contributed by atoms with Crippen molar-refractivity contribution in [2.75, 3.05) is 0 Å². The van der Waals surface area contributed by atoms with Gasteiger partial charge in [-0.2, -0.15) is 0 Å². The van der Waals surface area contributed by atoms with E-state index in [0.717, 1.165) is 5.69 Å². The molecule has 0 amide bonds. The number of nitrogens with zero attached hydrogens (tertiary/aromatic N) is 1. The smallest absolute Gasteiger partial charge is 0.164 e. The fourth-order valence-electron chi connectivity index (χ4n) is 1.08. The van der Waals surface area contributed by atoms with Crippen LogP contribution in [0.15, 0.2) is 30.6 Å². The van der Waals surface area contributed by atoms with Gasteiger partial charge < -0.3 is 4.98 Å². The monoisotopic (exact) mass is 196 g/mol. The Morgan fingerprint density at radius 3 is 2.92 bits per heavy atom. The third-order valence-electron chi connectivity index (χ3n) is 1.71. The van der Waals surface area contributed by atoms with E-state index >= 15 is 0 Å².